The zero-order valence-corrected chi connectivity index (χ0v) is 18.1. The van der Waals surface area contributed by atoms with E-state index in [9.17, 15) is 18.3 Å². The van der Waals surface area contributed by atoms with Gasteiger partial charge >= 0.3 is 5.97 Å². The molecule has 0 unspecified atom stereocenters. The van der Waals surface area contributed by atoms with Gasteiger partial charge in [0, 0.05) is 11.8 Å². The second kappa shape index (κ2) is 12.3. The third kappa shape index (κ3) is 9.49. The maximum absolute atomic E-state index is 12.3. The van der Waals surface area contributed by atoms with Crippen LogP contribution in [0.5, 0.6) is 5.75 Å². The minimum absolute atomic E-state index is 0.0274. The van der Waals surface area contributed by atoms with Gasteiger partial charge in [0.15, 0.2) is 0 Å². The van der Waals surface area contributed by atoms with Gasteiger partial charge in [0.2, 0.25) is 16.0 Å². The third-order valence-corrected chi connectivity index (χ3v) is 5.13. The van der Waals surface area contributed by atoms with Gasteiger partial charge in [-0.1, -0.05) is 42.5 Å². The Balaban J connectivity index is 1.88. The summed E-state index contributed by atoms with van der Waals surface area (Å²) < 4.78 is 32.3. The van der Waals surface area contributed by atoms with Crippen LogP contribution in [-0.4, -0.2) is 44.7 Å². The lowest BCUT2D eigenvalue weighted by atomic mass is 10.1. The number of oxime groups is 1. The van der Waals surface area contributed by atoms with Gasteiger partial charge in [-0.05, 0) is 40.9 Å². The molecule has 0 bridgehead atoms. The van der Waals surface area contributed by atoms with Crippen molar-refractivity contribution < 1.29 is 27.9 Å². The van der Waals surface area contributed by atoms with E-state index in [1.165, 1.54) is 6.08 Å². The highest BCUT2D eigenvalue weighted by atomic mass is 32.2. The molecule has 0 aliphatic carbocycles. The van der Waals surface area contributed by atoms with E-state index in [0.717, 1.165) is 5.41 Å². The largest absolute Gasteiger partial charge is 0.493 e. The van der Waals surface area contributed by atoms with Crippen LogP contribution in [0, 0.1) is 0 Å². The number of benzene rings is 2. The summed E-state index contributed by atoms with van der Waals surface area (Å²) in [5.41, 5.74) is 11.6. The van der Waals surface area contributed by atoms with Crippen molar-refractivity contribution in [1.29, 1.82) is 0 Å². The van der Waals surface area contributed by atoms with E-state index in [0.29, 0.717) is 29.9 Å². The molecule has 0 heterocycles. The minimum atomic E-state index is -3.95. The van der Waals surface area contributed by atoms with Crippen LogP contribution in [-0.2, 0) is 26.1 Å². The molecule has 172 valence electrons. The molecule has 0 amide bonds. The molecule has 0 saturated carbocycles. The summed E-state index contributed by atoms with van der Waals surface area (Å²) >= 11 is 0. The lowest BCUT2D eigenvalue weighted by molar-refractivity contribution is -0.138. The second-order valence-electron chi connectivity index (χ2n) is 6.67. The number of carboxylic acids is 1. The van der Waals surface area contributed by atoms with Crippen LogP contribution in [0.4, 0.5) is 0 Å². The van der Waals surface area contributed by atoms with Crippen LogP contribution in [0.15, 0.2) is 65.2 Å². The van der Waals surface area contributed by atoms with E-state index in [4.69, 9.17) is 21.0 Å². The predicted molar refractivity (Wildman–Crippen MR) is 121 cm³/mol. The molecule has 0 radical (unpaired) electrons. The fourth-order valence-electron chi connectivity index (χ4n) is 2.54. The molecule has 0 saturated heterocycles. The Morgan fingerprint density at radius 3 is 2.41 bits per heavy atom. The number of hydrogen-bond donors (Lipinski definition) is 4. The maximum Gasteiger partial charge on any atom is 0.322 e. The van der Waals surface area contributed by atoms with E-state index < -0.39 is 22.0 Å². The summed E-state index contributed by atoms with van der Waals surface area (Å²) in [7, 11) is -3.95. The number of ether oxygens (including phenoxy) is 1. The van der Waals surface area contributed by atoms with Crippen molar-refractivity contribution in [1.82, 2.24) is 4.72 Å². The molecule has 0 aromatic heterocycles. The Bertz CT molecular complexity index is 1020. The molecule has 10 nitrogen and oxygen atoms in total. The first-order valence-corrected chi connectivity index (χ1v) is 11.2. The van der Waals surface area contributed by atoms with E-state index >= 15 is 0 Å². The summed E-state index contributed by atoms with van der Waals surface area (Å²) in [6, 6.07) is 14.2. The van der Waals surface area contributed by atoms with Crippen LogP contribution in [0.1, 0.15) is 17.5 Å². The first-order chi connectivity index (χ1) is 15.2. The number of carboxylic acid groups (broad SMARTS) is 1. The molecule has 2 aromatic carbocycles. The Kier molecular flexibility index (Phi) is 9.51. The highest BCUT2D eigenvalue weighted by Crippen LogP contribution is 2.14. The molecule has 0 aliphatic rings. The molecule has 0 aliphatic heterocycles. The van der Waals surface area contributed by atoms with E-state index in [1.807, 2.05) is 6.07 Å². The number of aliphatic carboxylic acids is 1. The number of nitrogens with zero attached hydrogens (tertiary/aromatic N) is 1. The monoisotopic (exact) mass is 462 g/mol. The Morgan fingerprint density at radius 1 is 1.09 bits per heavy atom. The van der Waals surface area contributed by atoms with Crippen LogP contribution in [0.3, 0.4) is 0 Å². The average molecular weight is 463 g/mol. The van der Waals surface area contributed by atoms with Crippen molar-refractivity contribution in [3.05, 3.63) is 71.1 Å². The van der Waals surface area contributed by atoms with Crippen molar-refractivity contribution in [2.45, 2.75) is 18.9 Å². The number of rotatable bonds is 13. The topological polar surface area (TPSA) is 166 Å². The average Bonchev–Trinajstić information content (AvgIpc) is 2.76. The van der Waals surface area contributed by atoms with Gasteiger partial charge in [-0.2, -0.15) is 4.72 Å². The summed E-state index contributed by atoms with van der Waals surface area (Å²) in [6.45, 7) is 0.653. The van der Waals surface area contributed by atoms with Crippen LogP contribution >= 0.6 is 0 Å². The molecule has 2 aromatic rings. The number of hydrogen-bond acceptors (Lipinski definition) is 6. The normalized spacial score (nSPS) is 12.2. The smallest absolute Gasteiger partial charge is 0.322 e. The van der Waals surface area contributed by atoms with Crippen molar-refractivity contribution >= 4 is 28.0 Å². The number of guanidine groups is 1. The standard InChI is InChI=1S/C21H26N4O6S/c22-21(23)24-31-13-4-12-30-18-9-7-17(8-10-18)15-19(20(26)27)25-32(28,29)14-11-16-5-2-1-3-6-16/h1-3,5-11,14,19,25H,4,12-13,15H2,(H,26,27)(H4,22,23,24)/t19-/m0/s1. The number of sulfonamides is 1. The van der Waals surface area contributed by atoms with Gasteiger partial charge in [0.1, 0.15) is 18.4 Å². The van der Waals surface area contributed by atoms with Crippen LogP contribution in [0.2, 0.25) is 0 Å². The molecule has 1 atom stereocenters. The summed E-state index contributed by atoms with van der Waals surface area (Å²) in [6.07, 6.45) is 1.92. The van der Waals surface area contributed by atoms with Gasteiger partial charge in [-0.15, -0.1) is 0 Å². The lowest BCUT2D eigenvalue weighted by Gasteiger charge is -2.14. The second-order valence-corrected chi connectivity index (χ2v) is 8.26. The van der Waals surface area contributed by atoms with Crippen molar-refractivity contribution in [2.75, 3.05) is 13.2 Å². The van der Waals surface area contributed by atoms with Crippen LogP contribution in [0.25, 0.3) is 6.08 Å². The Labute approximate surface area is 186 Å². The highest BCUT2D eigenvalue weighted by Gasteiger charge is 2.23. The SMILES string of the molecule is NC(N)=NOCCCOc1ccc(C[C@H](NS(=O)(=O)C=Cc2ccccc2)C(=O)O)cc1. The Morgan fingerprint density at radius 2 is 1.78 bits per heavy atom. The van der Waals surface area contributed by atoms with Crippen molar-refractivity contribution in [3.63, 3.8) is 0 Å². The van der Waals surface area contributed by atoms with E-state index in [-0.39, 0.29) is 19.0 Å². The summed E-state index contributed by atoms with van der Waals surface area (Å²) in [5.74, 6) is -0.854. The zero-order valence-electron chi connectivity index (χ0n) is 17.3. The van der Waals surface area contributed by atoms with Crippen molar-refractivity contribution in [2.24, 2.45) is 16.6 Å². The van der Waals surface area contributed by atoms with Gasteiger partial charge in [0.05, 0.1) is 6.61 Å². The molecule has 11 heteroatoms. The third-order valence-electron chi connectivity index (χ3n) is 4.03. The fourth-order valence-corrected chi connectivity index (χ4v) is 3.54. The van der Waals surface area contributed by atoms with Gasteiger partial charge in [-0.25, -0.2) is 8.42 Å². The zero-order chi connectivity index (χ0) is 23.4. The maximum atomic E-state index is 12.3. The number of carbonyl (C=O) groups is 1. The molecule has 2 rings (SSSR count). The van der Waals surface area contributed by atoms with Gasteiger partial charge in [-0.3, -0.25) is 4.79 Å². The number of nitrogens with two attached hydrogens (primary N) is 2. The first-order valence-electron chi connectivity index (χ1n) is 9.66. The Hall–Kier alpha value is -3.57. The van der Waals surface area contributed by atoms with Gasteiger partial charge in [0.25, 0.3) is 0 Å². The quantitative estimate of drug-likeness (QED) is 0.149. The highest BCUT2D eigenvalue weighted by molar-refractivity contribution is 7.92. The van der Waals surface area contributed by atoms with E-state index in [1.54, 1.807) is 48.5 Å². The predicted octanol–water partition coefficient (Wildman–Crippen LogP) is 1.25. The van der Waals surface area contributed by atoms with Gasteiger partial charge < -0.3 is 26.1 Å². The molecule has 32 heavy (non-hydrogen) atoms. The van der Waals surface area contributed by atoms with Crippen LogP contribution < -0.4 is 20.9 Å². The first kappa shape index (κ1) is 24.7. The lowest BCUT2D eigenvalue weighted by Crippen LogP contribution is -2.41. The fraction of sp³-hybridized carbons (Fsp3) is 0.238. The molecule has 0 spiro atoms. The van der Waals surface area contributed by atoms with Crippen molar-refractivity contribution in [3.8, 4) is 5.75 Å². The minimum Gasteiger partial charge on any atom is -0.493 e. The summed E-state index contributed by atoms with van der Waals surface area (Å²) in [4.78, 5) is 16.4. The molecule has 0 fully saturated rings. The number of nitrogens with one attached hydrogen (secondary N) is 1. The molecular formula is C21H26N4O6S. The van der Waals surface area contributed by atoms with E-state index in [2.05, 4.69) is 9.88 Å². The molecule has 6 N–H and O–H groups in total. The summed E-state index contributed by atoms with van der Waals surface area (Å²) in [5, 5.41) is 13.8. The molecular weight excluding hydrogens is 436 g/mol.